The molecule has 2 N–H and O–H groups in total. The highest BCUT2D eigenvalue weighted by Gasteiger charge is 2.29. The minimum Gasteiger partial charge on any atom is -0.326 e. The van der Waals surface area contributed by atoms with Crippen LogP contribution in [0.25, 0.3) is 0 Å². The average molecular weight is 316 g/mol. The van der Waals surface area contributed by atoms with Gasteiger partial charge in [-0.25, -0.2) is 0 Å². The summed E-state index contributed by atoms with van der Waals surface area (Å²) >= 11 is 0. The summed E-state index contributed by atoms with van der Waals surface area (Å²) in [5.41, 5.74) is 2.21. The third kappa shape index (κ3) is 4.53. The van der Waals surface area contributed by atoms with Crippen molar-refractivity contribution in [1.29, 1.82) is 0 Å². The summed E-state index contributed by atoms with van der Waals surface area (Å²) in [5.74, 6) is 0.416. The molecule has 0 spiro atoms. The number of carbonyl (C=O) groups excluding carboxylic acids is 1. The van der Waals surface area contributed by atoms with Crippen LogP contribution in [0.5, 0.6) is 0 Å². The molecule has 0 radical (unpaired) electrons. The molecule has 0 bridgehead atoms. The minimum absolute atomic E-state index is 0.169. The van der Waals surface area contributed by atoms with Crippen LogP contribution < -0.4 is 10.6 Å². The zero-order chi connectivity index (χ0) is 16.2. The van der Waals surface area contributed by atoms with Crippen molar-refractivity contribution in [3.63, 3.8) is 0 Å². The lowest BCUT2D eigenvalue weighted by Crippen LogP contribution is -2.46. The molecule has 1 saturated heterocycles. The first-order valence-electron chi connectivity index (χ1n) is 8.64. The van der Waals surface area contributed by atoms with E-state index in [1.165, 1.54) is 5.56 Å². The molecule has 1 aromatic rings. The SMILES string of the molecule is CN(C)C(CN1CCNCC1)c1ccc(NC(=O)C2CC2)cc1. The molecule has 5 nitrogen and oxygen atoms in total. The normalized spacial score (nSPS) is 20.5. The number of benzene rings is 1. The molecule has 1 unspecified atom stereocenters. The van der Waals surface area contributed by atoms with Crippen LogP contribution in [0.3, 0.4) is 0 Å². The molecule has 3 rings (SSSR count). The van der Waals surface area contributed by atoms with Gasteiger partial charge in [0.1, 0.15) is 0 Å². The van der Waals surface area contributed by atoms with Crippen LogP contribution >= 0.6 is 0 Å². The number of carbonyl (C=O) groups is 1. The van der Waals surface area contributed by atoms with Crippen molar-refractivity contribution in [3.05, 3.63) is 29.8 Å². The highest BCUT2D eigenvalue weighted by atomic mass is 16.2. The molecule has 1 saturated carbocycles. The summed E-state index contributed by atoms with van der Waals surface area (Å²) < 4.78 is 0. The van der Waals surface area contributed by atoms with Gasteiger partial charge in [0.15, 0.2) is 0 Å². The van der Waals surface area contributed by atoms with E-state index in [0.29, 0.717) is 6.04 Å². The van der Waals surface area contributed by atoms with Gasteiger partial charge in [0, 0.05) is 50.4 Å². The lowest BCUT2D eigenvalue weighted by Gasteiger charge is -2.34. The fourth-order valence-electron chi connectivity index (χ4n) is 3.08. The second kappa shape index (κ2) is 7.43. The van der Waals surface area contributed by atoms with Crippen molar-refractivity contribution >= 4 is 11.6 Å². The predicted octanol–water partition coefficient (Wildman–Crippen LogP) is 1.54. The number of likely N-dealkylation sites (N-methyl/N-ethyl adjacent to an activating group) is 1. The van der Waals surface area contributed by atoms with E-state index < -0.39 is 0 Å². The van der Waals surface area contributed by atoms with Crippen molar-refractivity contribution in [2.75, 3.05) is 52.1 Å². The zero-order valence-corrected chi connectivity index (χ0v) is 14.2. The molecule has 1 aliphatic heterocycles. The third-order valence-corrected chi connectivity index (χ3v) is 4.78. The Kier molecular flexibility index (Phi) is 5.30. The van der Waals surface area contributed by atoms with Gasteiger partial charge in [0.25, 0.3) is 0 Å². The first-order chi connectivity index (χ1) is 11.1. The summed E-state index contributed by atoms with van der Waals surface area (Å²) in [5, 5.41) is 6.41. The van der Waals surface area contributed by atoms with Crippen molar-refractivity contribution < 1.29 is 4.79 Å². The van der Waals surface area contributed by atoms with Crippen LogP contribution in [0.1, 0.15) is 24.4 Å². The number of anilines is 1. The van der Waals surface area contributed by atoms with Crippen LogP contribution in [-0.4, -0.2) is 62.5 Å². The summed E-state index contributed by atoms with van der Waals surface area (Å²) in [6.45, 7) is 5.42. The van der Waals surface area contributed by atoms with E-state index in [9.17, 15) is 4.79 Å². The summed E-state index contributed by atoms with van der Waals surface area (Å²) in [4.78, 5) is 16.6. The van der Waals surface area contributed by atoms with E-state index in [2.05, 4.69) is 46.7 Å². The maximum atomic E-state index is 11.8. The molecule has 5 heteroatoms. The number of amides is 1. The largest absolute Gasteiger partial charge is 0.326 e. The van der Waals surface area contributed by atoms with E-state index in [1.54, 1.807) is 0 Å². The van der Waals surface area contributed by atoms with Crippen molar-refractivity contribution in [2.24, 2.45) is 5.92 Å². The van der Waals surface area contributed by atoms with E-state index in [1.807, 2.05) is 12.1 Å². The fourth-order valence-corrected chi connectivity index (χ4v) is 3.08. The quantitative estimate of drug-likeness (QED) is 0.836. The van der Waals surface area contributed by atoms with E-state index >= 15 is 0 Å². The lowest BCUT2D eigenvalue weighted by molar-refractivity contribution is -0.117. The Bertz CT molecular complexity index is 518. The lowest BCUT2D eigenvalue weighted by atomic mass is 10.0. The number of nitrogens with zero attached hydrogens (tertiary/aromatic N) is 2. The Morgan fingerprint density at radius 3 is 2.48 bits per heavy atom. The van der Waals surface area contributed by atoms with Gasteiger partial charge >= 0.3 is 0 Å². The molecular formula is C18H28N4O. The van der Waals surface area contributed by atoms with Crippen LogP contribution in [0.4, 0.5) is 5.69 Å². The maximum Gasteiger partial charge on any atom is 0.227 e. The Labute approximate surface area is 139 Å². The third-order valence-electron chi connectivity index (χ3n) is 4.78. The summed E-state index contributed by atoms with van der Waals surface area (Å²) in [6.07, 6.45) is 2.08. The van der Waals surface area contributed by atoms with Gasteiger partial charge in [-0.05, 0) is 44.6 Å². The van der Waals surface area contributed by atoms with E-state index in [4.69, 9.17) is 0 Å². The predicted molar refractivity (Wildman–Crippen MR) is 93.5 cm³/mol. The molecule has 2 fully saturated rings. The van der Waals surface area contributed by atoms with Gasteiger partial charge in [0.05, 0.1) is 0 Å². The Balaban J connectivity index is 1.62. The molecule has 1 aromatic carbocycles. The first-order valence-corrected chi connectivity index (χ1v) is 8.64. The number of piperazine rings is 1. The second-order valence-corrected chi connectivity index (χ2v) is 6.92. The summed E-state index contributed by atoms with van der Waals surface area (Å²) in [7, 11) is 4.27. The Morgan fingerprint density at radius 1 is 1.26 bits per heavy atom. The van der Waals surface area contributed by atoms with Crippen molar-refractivity contribution in [1.82, 2.24) is 15.1 Å². The Morgan fingerprint density at radius 2 is 1.91 bits per heavy atom. The molecule has 2 aliphatic rings. The van der Waals surface area contributed by atoms with E-state index in [-0.39, 0.29) is 11.8 Å². The van der Waals surface area contributed by atoms with Crippen LogP contribution in [0.2, 0.25) is 0 Å². The van der Waals surface area contributed by atoms with Gasteiger partial charge in [-0.15, -0.1) is 0 Å². The molecule has 126 valence electrons. The van der Waals surface area contributed by atoms with Gasteiger partial charge in [-0.3, -0.25) is 9.69 Å². The molecule has 1 aliphatic carbocycles. The van der Waals surface area contributed by atoms with Gasteiger partial charge < -0.3 is 15.5 Å². The summed E-state index contributed by atoms with van der Waals surface area (Å²) in [6, 6.07) is 8.74. The van der Waals surface area contributed by atoms with Crippen molar-refractivity contribution in [2.45, 2.75) is 18.9 Å². The molecule has 0 aromatic heterocycles. The maximum absolute atomic E-state index is 11.8. The second-order valence-electron chi connectivity index (χ2n) is 6.92. The zero-order valence-electron chi connectivity index (χ0n) is 14.2. The molecule has 1 amide bonds. The van der Waals surface area contributed by atoms with Gasteiger partial charge in [-0.2, -0.15) is 0 Å². The average Bonchev–Trinajstić information content (AvgIpc) is 3.39. The number of hydrogen-bond donors (Lipinski definition) is 2. The fraction of sp³-hybridized carbons (Fsp3) is 0.611. The minimum atomic E-state index is 0.169. The highest BCUT2D eigenvalue weighted by Crippen LogP contribution is 2.30. The van der Waals surface area contributed by atoms with E-state index in [0.717, 1.165) is 51.3 Å². The molecule has 1 heterocycles. The van der Waals surface area contributed by atoms with Gasteiger partial charge in [0.2, 0.25) is 5.91 Å². The Hall–Kier alpha value is -1.43. The topological polar surface area (TPSA) is 47.6 Å². The number of nitrogens with one attached hydrogen (secondary N) is 2. The van der Waals surface area contributed by atoms with Gasteiger partial charge in [-0.1, -0.05) is 12.1 Å². The smallest absolute Gasteiger partial charge is 0.227 e. The first kappa shape index (κ1) is 16.4. The van der Waals surface area contributed by atoms with Crippen LogP contribution in [-0.2, 0) is 4.79 Å². The number of rotatable bonds is 6. The molecule has 23 heavy (non-hydrogen) atoms. The number of hydrogen-bond acceptors (Lipinski definition) is 4. The highest BCUT2D eigenvalue weighted by molar-refractivity contribution is 5.94. The molecular weight excluding hydrogens is 288 g/mol. The standard InChI is InChI=1S/C18H28N4O/c1-21(2)17(13-22-11-9-19-10-12-22)14-5-7-16(8-6-14)20-18(23)15-3-4-15/h5-8,15,17,19H,3-4,9-13H2,1-2H3,(H,20,23). The monoisotopic (exact) mass is 316 g/mol. The van der Waals surface area contributed by atoms with Crippen LogP contribution in [0, 0.1) is 5.92 Å². The van der Waals surface area contributed by atoms with Crippen LogP contribution in [0.15, 0.2) is 24.3 Å². The molecule has 1 atom stereocenters. The van der Waals surface area contributed by atoms with Crippen molar-refractivity contribution in [3.8, 4) is 0 Å².